The van der Waals surface area contributed by atoms with Crippen LogP contribution in [-0.4, -0.2) is 29.1 Å². The van der Waals surface area contributed by atoms with Crippen molar-refractivity contribution >= 4 is 22.6 Å². The van der Waals surface area contributed by atoms with Crippen molar-refractivity contribution in [1.82, 2.24) is 10.3 Å². The zero-order chi connectivity index (χ0) is 31.6. The number of carbonyl (C=O) groups is 2. The van der Waals surface area contributed by atoms with Gasteiger partial charge in [0.15, 0.2) is 5.78 Å². The third-order valence-corrected chi connectivity index (χ3v) is 9.09. The van der Waals surface area contributed by atoms with Crippen LogP contribution in [0.15, 0.2) is 72.9 Å². The summed E-state index contributed by atoms with van der Waals surface area (Å²) in [5.41, 5.74) is 3.82. The number of Topliss-reactive ketones (excluding diaryl/α,β-unsaturated/α-hetero) is 1. The molecule has 234 valence electrons. The Morgan fingerprint density at radius 2 is 1.62 bits per heavy atom. The van der Waals surface area contributed by atoms with Gasteiger partial charge >= 0.3 is 6.36 Å². The van der Waals surface area contributed by atoms with E-state index in [0.717, 1.165) is 49.7 Å². The lowest BCUT2D eigenvalue weighted by atomic mass is 9.87. The van der Waals surface area contributed by atoms with E-state index in [1.54, 1.807) is 30.3 Å². The summed E-state index contributed by atoms with van der Waals surface area (Å²) in [5, 5.41) is 3.71. The number of hydrogen-bond acceptors (Lipinski definition) is 4. The summed E-state index contributed by atoms with van der Waals surface area (Å²) in [6.07, 6.45) is 4.28. The van der Waals surface area contributed by atoms with E-state index in [1.165, 1.54) is 12.3 Å². The maximum Gasteiger partial charge on any atom is 0.573 e. The van der Waals surface area contributed by atoms with Gasteiger partial charge in [-0.15, -0.1) is 13.2 Å². The van der Waals surface area contributed by atoms with Crippen LogP contribution in [0.1, 0.15) is 83.7 Å². The summed E-state index contributed by atoms with van der Waals surface area (Å²) in [6.45, 7) is 2.22. The molecule has 5 nitrogen and oxygen atoms in total. The number of rotatable bonds is 10. The first-order chi connectivity index (χ1) is 21.6. The van der Waals surface area contributed by atoms with Crippen molar-refractivity contribution in [2.24, 2.45) is 11.8 Å². The van der Waals surface area contributed by atoms with E-state index < -0.39 is 6.36 Å². The Morgan fingerprint density at radius 3 is 2.29 bits per heavy atom. The molecule has 0 bridgehead atoms. The Morgan fingerprint density at radius 1 is 0.911 bits per heavy atom. The molecule has 2 aliphatic rings. The molecule has 0 saturated heterocycles. The molecular formula is C37H37F3N2O3. The number of halogens is 3. The van der Waals surface area contributed by atoms with E-state index in [1.807, 2.05) is 30.3 Å². The average molecular weight is 615 g/mol. The number of ketones is 1. The van der Waals surface area contributed by atoms with Crippen LogP contribution in [0.25, 0.3) is 22.0 Å². The summed E-state index contributed by atoms with van der Waals surface area (Å²) in [5.74, 6) is 0.467. The predicted molar refractivity (Wildman–Crippen MR) is 168 cm³/mol. The molecule has 1 amide bonds. The molecule has 6 rings (SSSR count). The van der Waals surface area contributed by atoms with Crippen LogP contribution in [0, 0.1) is 11.8 Å². The first kappa shape index (κ1) is 30.8. The molecule has 45 heavy (non-hydrogen) atoms. The summed E-state index contributed by atoms with van der Waals surface area (Å²) in [4.78, 5) is 30.8. The van der Waals surface area contributed by atoms with E-state index in [-0.39, 0.29) is 29.0 Å². The first-order valence-electron chi connectivity index (χ1n) is 15.8. The topological polar surface area (TPSA) is 68.3 Å². The Balaban J connectivity index is 1.37. The van der Waals surface area contributed by atoms with E-state index in [2.05, 4.69) is 22.0 Å². The fraction of sp³-hybridized carbons (Fsp3) is 0.378. The number of nitrogens with zero attached hydrogens (tertiary/aromatic N) is 1. The van der Waals surface area contributed by atoms with Crippen LogP contribution in [0.5, 0.6) is 5.75 Å². The van der Waals surface area contributed by atoms with E-state index in [9.17, 15) is 22.8 Å². The maximum absolute atomic E-state index is 13.6. The third-order valence-electron chi connectivity index (χ3n) is 9.09. The van der Waals surface area contributed by atoms with Crippen molar-refractivity contribution in [3.8, 4) is 16.9 Å². The molecule has 1 aromatic heterocycles. The minimum absolute atomic E-state index is 0.00918. The number of aromatic nitrogens is 1. The second-order valence-corrected chi connectivity index (χ2v) is 12.6. The first-order valence-corrected chi connectivity index (χ1v) is 15.8. The molecule has 4 aromatic rings. The Labute approximate surface area is 261 Å². The van der Waals surface area contributed by atoms with Gasteiger partial charge < -0.3 is 10.1 Å². The molecule has 1 heterocycles. The monoisotopic (exact) mass is 614 g/mol. The summed E-state index contributed by atoms with van der Waals surface area (Å²) in [6, 6.07) is 19.5. The van der Waals surface area contributed by atoms with Crippen LogP contribution >= 0.6 is 0 Å². The highest BCUT2D eigenvalue weighted by Gasteiger charge is 2.33. The molecule has 0 unspecified atom stereocenters. The van der Waals surface area contributed by atoms with Crippen LogP contribution in [-0.2, 0) is 12.8 Å². The highest BCUT2D eigenvalue weighted by molar-refractivity contribution is 6.03. The Hall–Kier alpha value is -4.20. The van der Waals surface area contributed by atoms with Crippen LogP contribution in [0.2, 0.25) is 0 Å². The lowest BCUT2D eigenvalue weighted by Gasteiger charge is -2.26. The highest BCUT2D eigenvalue weighted by Crippen LogP contribution is 2.40. The number of ether oxygens (including phenoxy) is 1. The highest BCUT2D eigenvalue weighted by atomic mass is 19.4. The van der Waals surface area contributed by atoms with Crippen molar-refractivity contribution in [3.63, 3.8) is 0 Å². The molecule has 2 aliphatic carbocycles. The standard InChI is InChI=1S/C37H37F3N2O3/c1-23-7-16-28(17-8-23)42-36(44)27-14-12-26(13-15-27)30-20-31-29(18-11-24-5-3-2-4-6-24)32(34(43)19-25-9-10-25)22-41-33(31)21-35(30)45-37(38,39)40/h2-6,12-15,20-23,25,28H,7-11,16-19H2,1H3,(H,42,44). The lowest BCUT2D eigenvalue weighted by molar-refractivity contribution is -0.274. The molecule has 2 saturated carbocycles. The van der Waals surface area contributed by atoms with Crippen LogP contribution in [0.4, 0.5) is 13.2 Å². The Bertz CT molecular complexity index is 1670. The van der Waals surface area contributed by atoms with E-state index in [0.29, 0.717) is 58.7 Å². The SMILES string of the molecule is CC1CCC(NC(=O)c2ccc(-c3cc4c(CCc5ccccc5)c(C(=O)CC5CC5)cnc4cc3OC(F)(F)F)cc2)CC1. The molecular weight excluding hydrogens is 577 g/mol. The zero-order valence-electron chi connectivity index (χ0n) is 25.3. The second-order valence-electron chi connectivity index (χ2n) is 12.6. The Kier molecular flexibility index (Phi) is 8.92. The molecule has 8 heteroatoms. The fourth-order valence-corrected chi connectivity index (χ4v) is 6.30. The lowest BCUT2D eigenvalue weighted by Crippen LogP contribution is -2.37. The predicted octanol–water partition coefficient (Wildman–Crippen LogP) is 8.88. The molecule has 0 atom stereocenters. The van der Waals surface area contributed by atoms with Gasteiger partial charge in [0, 0.05) is 46.8 Å². The van der Waals surface area contributed by atoms with Gasteiger partial charge in [0.1, 0.15) is 5.75 Å². The van der Waals surface area contributed by atoms with Crippen molar-refractivity contribution in [2.75, 3.05) is 0 Å². The van der Waals surface area contributed by atoms with Crippen molar-refractivity contribution in [3.05, 3.63) is 95.2 Å². The minimum atomic E-state index is -4.92. The van der Waals surface area contributed by atoms with E-state index in [4.69, 9.17) is 0 Å². The number of aryl methyl sites for hydroxylation is 2. The minimum Gasteiger partial charge on any atom is -0.405 e. The molecule has 2 fully saturated rings. The summed E-state index contributed by atoms with van der Waals surface area (Å²) in [7, 11) is 0. The van der Waals surface area contributed by atoms with Crippen molar-refractivity contribution < 1.29 is 27.5 Å². The number of benzene rings is 3. The van der Waals surface area contributed by atoms with Crippen molar-refractivity contribution in [1.29, 1.82) is 0 Å². The zero-order valence-corrected chi connectivity index (χ0v) is 25.3. The van der Waals surface area contributed by atoms with Crippen LogP contribution in [0.3, 0.4) is 0 Å². The van der Waals surface area contributed by atoms with Gasteiger partial charge in [0.05, 0.1) is 5.52 Å². The summed E-state index contributed by atoms with van der Waals surface area (Å²) >= 11 is 0. The molecule has 3 aromatic carbocycles. The smallest absolute Gasteiger partial charge is 0.405 e. The van der Waals surface area contributed by atoms with Gasteiger partial charge in [-0.05, 0) is 98.1 Å². The van der Waals surface area contributed by atoms with Gasteiger partial charge in [0.25, 0.3) is 5.91 Å². The van der Waals surface area contributed by atoms with Crippen molar-refractivity contribution in [2.45, 2.75) is 77.1 Å². The van der Waals surface area contributed by atoms with Gasteiger partial charge in [0.2, 0.25) is 0 Å². The third kappa shape index (κ3) is 7.72. The summed E-state index contributed by atoms with van der Waals surface area (Å²) < 4.78 is 45.3. The number of hydrogen-bond donors (Lipinski definition) is 1. The molecule has 0 aliphatic heterocycles. The number of carbonyl (C=O) groups excluding carboxylic acids is 2. The molecule has 0 radical (unpaired) electrons. The number of amides is 1. The van der Waals surface area contributed by atoms with E-state index >= 15 is 0 Å². The normalized spacial score (nSPS) is 18.5. The van der Waals surface area contributed by atoms with Gasteiger partial charge in [-0.25, -0.2) is 0 Å². The largest absolute Gasteiger partial charge is 0.573 e. The number of fused-ring (bicyclic) bond motifs is 1. The second kappa shape index (κ2) is 13.0. The molecule has 1 N–H and O–H groups in total. The molecule has 0 spiro atoms. The maximum atomic E-state index is 13.6. The number of pyridine rings is 1. The number of alkyl halides is 3. The van der Waals surface area contributed by atoms with Gasteiger partial charge in [-0.1, -0.05) is 49.4 Å². The quantitative estimate of drug-likeness (QED) is 0.181. The average Bonchev–Trinajstić information content (AvgIpc) is 3.84. The van der Waals surface area contributed by atoms with Gasteiger partial charge in [-0.2, -0.15) is 0 Å². The fourth-order valence-electron chi connectivity index (χ4n) is 6.30. The van der Waals surface area contributed by atoms with Crippen LogP contribution < -0.4 is 10.1 Å². The number of nitrogens with one attached hydrogen (secondary N) is 1. The van der Waals surface area contributed by atoms with Gasteiger partial charge in [-0.3, -0.25) is 14.6 Å².